The van der Waals surface area contributed by atoms with Crippen LogP contribution in [0, 0.1) is 5.82 Å². The van der Waals surface area contributed by atoms with Gasteiger partial charge in [0.15, 0.2) is 0 Å². The van der Waals surface area contributed by atoms with Crippen LogP contribution in [0.4, 0.5) is 10.1 Å². The van der Waals surface area contributed by atoms with Gasteiger partial charge in [-0.3, -0.25) is 4.79 Å². The molecule has 0 atom stereocenters. The van der Waals surface area contributed by atoms with Gasteiger partial charge in [-0.2, -0.15) is 0 Å². The van der Waals surface area contributed by atoms with Gasteiger partial charge in [0.05, 0.1) is 11.7 Å². The third kappa shape index (κ3) is 4.71. The number of anilines is 1. The average molecular weight is 254 g/mol. The molecule has 0 aliphatic carbocycles. The first-order valence-electron chi connectivity index (χ1n) is 5.95. The zero-order valence-electron chi connectivity index (χ0n) is 10.7. The van der Waals surface area contributed by atoms with E-state index in [2.05, 4.69) is 5.32 Å². The van der Waals surface area contributed by atoms with Crippen molar-refractivity contribution >= 4 is 11.6 Å². The lowest BCUT2D eigenvalue weighted by molar-refractivity contribution is 0.0757. The molecule has 1 aromatic rings. The molecule has 0 bridgehead atoms. The molecule has 1 amide bonds. The normalized spacial score (nSPS) is 10.7. The van der Waals surface area contributed by atoms with E-state index in [0.717, 1.165) is 6.07 Å². The number of hydrogen-bond donors (Lipinski definition) is 2. The molecular weight excluding hydrogens is 235 g/mol. The summed E-state index contributed by atoms with van der Waals surface area (Å²) >= 11 is 0. The van der Waals surface area contributed by atoms with Gasteiger partial charge in [0.2, 0.25) is 0 Å². The minimum atomic E-state index is -0.475. The van der Waals surface area contributed by atoms with Crippen LogP contribution in [-0.4, -0.2) is 25.2 Å². The first-order chi connectivity index (χ1) is 8.50. The zero-order valence-corrected chi connectivity index (χ0v) is 10.7. The summed E-state index contributed by atoms with van der Waals surface area (Å²) in [7, 11) is 0. The topological polar surface area (TPSA) is 64.3 Å². The molecule has 0 fully saturated rings. The van der Waals surface area contributed by atoms with Crippen LogP contribution in [0.3, 0.4) is 0 Å². The predicted octanol–water partition coefficient (Wildman–Crippen LogP) is 1.95. The van der Waals surface area contributed by atoms with Gasteiger partial charge in [0, 0.05) is 18.8 Å². The monoisotopic (exact) mass is 254 g/mol. The number of carbonyl (C=O) groups is 1. The highest BCUT2D eigenvalue weighted by molar-refractivity contribution is 5.99. The number of ether oxygens (including phenoxy) is 1. The van der Waals surface area contributed by atoms with Crippen LogP contribution in [0.2, 0.25) is 0 Å². The predicted molar refractivity (Wildman–Crippen MR) is 68.9 cm³/mol. The maximum absolute atomic E-state index is 13.0. The van der Waals surface area contributed by atoms with Crippen molar-refractivity contribution in [1.82, 2.24) is 5.32 Å². The van der Waals surface area contributed by atoms with Crippen LogP contribution in [-0.2, 0) is 4.74 Å². The van der Waals surface area contributed by atoms with E-state index in [1.807, 2.05) is 13.8 Å². The highest BCUT2D eigenvalue weighted by atomic mass is 19.1. The molecule has 3 N–H and O–H groups in total. The number of nitrogens with two attached hydrogens (primary N) is 1. The highest BCUT2D eigenvalue weighted by Crippen LogP contribution is 2.12. The Labute approximate surface area is 106 Å². The van der Waals surface area contributed by atoms with Crippen LogP contribution in [0.5, 0.6) is 0 Å². The van der Waals surface area contributed by atoms with Crippen LogP contribution in [0.1, 0.15) is 30.6 Å². The Morgan fingerprint density at radius 2 is 2.22 bits per heavy atom. The van der Waals surface area contributed by atoms with Crippen LogP contribution < -0.4 is 11.1 Å². The summed E-state index contributed by atoms with van der Waals surface area (Å²) in [6, 6.07) is 3.74. The maximum Gasteiger partial charge on any atom is 0.253 e. The summed E-state index contributed by atoms with van der Waals surface area (Å²) in [5, 5.41) is 2.68. The Hall–Kier alpha value is -1.62. The molecule has 18 heavy (non-hydrogen) atoms. The third-order valence-electron chi connectivity index (χ3n) is 2.32. The van der Waals surface area contributed by atoms with Crippen molar-refractivity contribution in [3.05, 3.63) is 29.6 Å². The zero-order chi connectivity index (χ0) is 13.5. The Bertz CT molecular complexity index is 408. The molecule has 0 spiro atoms. The van der Waals surface area contributed by atoms with Crippen molar-refractivity contribution in [3.8, 4) is 0 Å². The van der Waals surface area contributed by atoms with E-state index < -0.39 is 5.82 Å². The number of nitrogens with one attached hydrogen (secondary N) is 1. The van der Waals surface area contributed by atoms with Gasteiger partial charge < -0.3 is 15.8 Å². The summed E-state index contributed by atoms with van der Waals surface area (Å²) in [5.41, 5.74) is 6.05. The third-order valence-corrected chi connectivity index (χ3v) is 2.32. The van der Waals surface area contributed by atoms with Crippen molar-refractivity contribution in [2.75, 3.05) is 18.9 Å². The lowest BCUT2D eigenvalue weighted by Gasteiger charge is -2.09. The Kier molecular flexibility index (Phi) is 5.58. The standard InChI is InChI=1S/C13H19FN2O2/c1-9(2)18-7-3-6-16-13(17)11-8-10(14)4-5-12(11)15/h4-5,8-9H,3,6-7,15H2,1-2H3,(H,16,17). The van der Waals surface area contributed by atoms with Gasteiger partial charge >= 0.3 is 0 Å². The Balaban J connectivity index is 2.39. The fourth-order valence-electron chi connectivity index (χ4n) is 1.41. The maximum atomic E-state index is 13.0. The van der Waals surface area contributed by atoms with Gasteiger partial charge in [-0.25, -0.2) is 4.39 Å². The molecule has 1 rings (SSSR count). The summed E-state index contributed by atoms with van der Waals surface area (Å²) in [4.78, 5) is 11.7. The number of benzene rings is 1. The number of amides is 1. The molecule has 4 nitrogen and oxygen atoms in total. The van der Waals surface area contributed by atoms with E-state index in [1.165, 1.54) is 12.1 Å². The number of hydrogen-bond acceptors (Lipinski definition) is 3. The lowest BCUT2D eigenvalue weighted by atomic mass is 10.1. The lowest BCUT2D eigenvalue weighted by Crippen LogP contribution is -2.26. The number of halogens is 1. The Morgan fingerprint density at radius 3 is 2.89 bits per heavy atom. The average Bonchev–Trinajstić information content (AvgIpc) is 2.31. The van der Waals surface area contributed by atoms with Crippen LogP contribution in [0.25, 0.3) is 0 Å². The van der Waals surface area contributed by atoms with E-state index in [4.69, 9.17) is 10.5 Å². The van der Waals surface area contributed by atoms with E-state index in [1.54, 1.807) is 0 Å². The second-order valence-electron chi connectivity index (χ2n) is 4.26. The summed E-state index contributed by atoms with van der Waals surface area (Å²) in [6.07, 6.45) is 0.888. The highest BCUT2D eigenvalue weighted by Gasteiger charge is 2.09. The molecule has 0 radical (unpaired) electrons. The van der Waals surface area contributed by atoms with Gasteiger partial charge in [0.1, 0.15) is 5.82 Å². The summed E-state index contributed by atoms with van der Waals surface area (Å²) in [6.45, 7) is 4.95. The quantitative estimate of drug-likeness (QED) is 0.602. The van der Waals surface area contributed by atoms with Gasteiger partial charge in [-0.1, -0.05) is 0 Å². The molecule has 5 heteroatoms. The molecule has 0 aliphatic heterocycles. The van der Waals surface area contributed by atoms with E-state index in [9.17, 15) is 9.18 Å². The van der Waals surface area contributed by atoms with Crippen molar-refractivity contribution in [2.45, 2.75) is 26.4 Å². The van der Waals surface area contributed by atoms with Crippen LogP contribution in [0.15, 0.2) is 18.2 Å². The molecule has 0 heterocycles. The van der Waals surface area contributed by atoms with Gasteiger partial charge in [0.25, 0.3) is 5.91 Å². The summed E-state index contributed by atoms with van der Waals surface area (Å²) in [5.74, 6) is -0.839. The number of rotatable bonds is 6. The van der Waals surface area contributed by atoms with E-state index >= 15 is 0 Å². The van der Waals surface area contributed by atoms with E-state index in [0.29, 0.717) is 19.6 Å². The first kappa shape index (κ1) is 14.4. The largest absolute Gasteiger partial charge is 0.398 e. The SMILES string of the molecule is CC(C)OCCCNC(=O)c1cc(F)ccc1N. The smallest absolute Gasteiger partial charge is 0.253 e. The van der Waals surface area contributed by atoms with Crippen molar-refractivity contribution in [1.29, 1.82) is 0 Å². The number of carbonyl (C=O) groups excluding carboxylic acids is 1. The summed E-state index contributed by atoms with van der Waals surface area (Å²) < 4.78 is 18.3. The minimum Gasteiger partial charge on any atom is -0.398 e. The molecule has 1 aromatic carbocycles. The molecule has 0 saturated carbocycles. The molecular formula is C13H19FN2O2. The molecule has 0 saturated heterocycles. The minimum absolute atomic E-state index is 0.166. The molecule has 100 valence electrons. The van der Waals surface area contributed by atoms with Crippen LogP contribution >= 0.6 is 0 Å². The number of nitrogen functional groups attached to an aromatic ring is 1. The molecule has 0 aliphatic rings. The van der Waals surface area contributed by atoms with Crippen molar-refractivity contribution in [3.63, 3.8) is 0 Å². The molecule has 0 unspecified atom stereocenters. The fraction of sp³-hybridized carbons (Fsp3) is 0.462. The second kappa shape index (κ2) is 6.96. The van der Waals surface area contributed by atoms with Crippen molar-refractivity contribution < 1.29 is 13.9 Å². The van der Waals surface area contributed by atoms with Crippen molar-refractivity contribution in [2.24, 2.45) is 0 Å². The molecule has 0 aromatic heterocycles. The van der Waals surface area contributed by atoms with E-state index in [-0.39, 0.29) is 23.3 Å². The first-order valence-corrected chi connectivity index (χ1v) is 5.95. The second-order valence-corrected chi connectivity index (χ2v) is 4.26. The fourth-order valence-corrected chi connectivity index (χ4v) is 1.41. The van der Waals surface area contributed by atoms with Gasteiger partial charge in [-0.05, 0) is 38.5 Å². The van der Waals surface area contributed by atoms with Gasteiger partial charge in [-0.15, -0.1) is 0 Å². The Morgan fingerprint density at radius 1 is 1.50 bits per heavy atom.